The minimum Gasteiger partial charge on any atom is -0.348 e. The molecule has 0 aliphatic rings. The van der Waals surface area contributed by atoms with Gasteiger partial charge in [-0.3, -0.25) is 9.78 Å². The van der Waals surface area contributed by atoms with E-state index in [1.807, 2.05) is 0 Å². The van der Waals surface area contributed by atoms with Gasteiger partial charge in [-0.15, -0.1) is 0 Å². The van der Waals surface area contributed by atoms with Gasteiger partial charge in [0.05, 0.1) is 11.6 Å². The summed E-state index contributed by atoms with van der Waals surface area (Å²) in [5.41, 5.74) is -1.95. The molecule has 1 N–H and O–H groups in total. The smallest absolute Gasteiger partial charge is 0.348 e. The minimum atomic E-state index is -4.68. The van der Waals surface area contributed by atoms with Gasteiger partial charge in [-0.1, -0.05) is 13.0 Å². The van der Waals surface area contributed by atoms with Crippen molar-refractivity contribution in [3.63, 3.8) is 0 Å². The number of fused-ring (bicyclic) bond motifs is 1. The molecule has 11 heteroatoms. The molecule has 1 unspecified atom stereocenters. The highest BCUT2D eigenvalue weighted by Gasteiger charge is 2.32. The lowest BCUT2D eigenvalue weighted by atomic mass is 10.0. The summed E-state index contributed by atoms with van der Waals surface area (Å²) in [5, 5.41) is 4.00. The highest BCUT2D eigenvalue weighted by molar-refractivity contribution is 5.78. The maximum atomic E-state index is 14.6. The van der Waals surface area contributed by atoms with Gasteiger partial charge < -0.3 is 4.90 Å². The molecule has 2 heterocycles. The fraction of sp³-hybridized carbons (Fsp3) is 0.389. The molecule has 0 bridgehead atoms. The molecule has 29 heavy (non-hydrogen) atoms. The summed E-state index contributed by atoms with van der Waals surface area (Å²) in [6.07, 6.45) is -4.47. The van der Waals surface area contributed by atoms with E-state index < -0.39 is 35.8 Å². The van der Waals surface area contributed by atoms with Gasteiger partial charge in [0, 0.05) is 19.7 Å². The second-order valence-corrected chi connectivity index (χ2v) is 6.67. The normalized spacial score (nSPS) is 13.1. The van der Waals surface area contributed by atoms with Crippen LogP contribution in [0.25, 0.3) is 11.0 Å². The zero-order chi connectivity index (χ0) is 21.5. The molecule has 6 nitrogen and oxygen atoms in total. The zero-order valence-corrected chi connectivity index (χ0v) is 15.8. The molecular formula is C18H18F5N5O. The molecule has 0 amide bonds. The lowest BCUT2D eigenvalue weighted by Crippen LogP contribution is -2.20. The van der Waals surface area contributed by atoms with Gasteiger partial charge >= 0.3 is 6.18 Å². The summed E-state index contributed by atoms with van der Waals surface area (Å²) < 4.78 is 67.8. The molecule has 0 aliphatic carbocycles. The minimum absolute atomic E-state index is 0.0243. The molecule has 0 spiro atoms. The number of benzene rings is 1. The Morgan fingerprint density at radius 2 is 1.97 bits per heavy atom. The second kappa shape index (κ2) is 7.45. The maximum absolute atomic E-state index is 14.6. The average molecular weight is 415 g/mol. The Labute approximate surface area is 162 Å². The Morgan fingerprint density at radius 1 is 1.28 bits per heavy atom. The molecule has 0 saturated heterocycles. The Hall–Kier alpha value is -2.98. The quantitative estimate of drug-likeness (QED) is 0.644. The third-order valence-corrected chi connectivity index (χ3v) is 4.54. The topological polar surface area (TPSA) is 66.8 Å². The molecule has 2 aromatic heterocycles. The first-order valence-electron chi connectivity index (χ1n) is 8.69. The van der Waals surface area contributed by atoms with Crippen LogP contribution >= 0.6 is 0 Å². The van der Waals surface area contributed by atoms with Crippen molar-refractivity contribution < 1.29 is 22.0 Å². The van der Waals surface area contributed by atoms with Crippen molar-refractivity contribution >= 4 is 17.0 Å². The van der Waals surface area contributed by atoms with Crippen molar-refractivity contribution in [2.75, 3.05) is 19.0 Å². The van der Waals surface area contributed by atoms with E-state index in [1.54, 1.807) is 21.0 Å². The summed E-state index contributed by atoms with van der Waals surface area (Å²) in [5.74, 6) is -0.897. The Bertz CT molecular complexity index is 1100. The summed E-state index contributed by atoms with van der Waals surface area (Å²) in [6.45, 7) is 0.617. The molecule has 3 aromatic rings. The van der Waals surface area contributed by atoms with Crippen LogP contribution in [0.15, 0.2) is 23.0 Å². The number of aromatic nitrogens is 4. The SMILES string of the molecule is CCC(c1ccc(C(F)(F)F)cc1F)n1nc(CF)c2c(=O)[nH]c(N(C)C)nc21. The van der Waals surface area contributed by atoms with Gasteiger partial charge in [-0.05, 0) is 18.6 Å². The van der Waals surface area contributed by atoms with E-state index in [1.165, 1.54) is 9.58 Å². The third-order valence-electron chi connectivity index (χ3n) is 4.54. The fourth-order valence-corrected chi connectivity index (χ4v) is 3.12. The van der Waals surface area contributed by atoms with E-state index >= 15 is 0 Å². The number of rotatable bonds is 5. The second-order valence-electron chi connectivity index (χ2n) is 6.67. The summed E-state index contributed by atoms with van der Waals surface area (Å²) in [6, 6.07) is 1.32. The number of H-pyrrole nitrogens is 1. The third kappa shape index (κ3) is 3.68. The Balaban J connectivity index is 2.24. The fourth-order valence-electron chi connectivity index (χ4n) is 3.12. The first-order valence-corrected chi connectivity index (χ1v) is 8.69. The standard InChI is InChI=1S/C18H18F5N5O/c1-4-13(10-6-5-9(7-11(10)20)18(21,22)23)28-15-14(12(8-19)26-28)16(29)25-17(24-15)27(2)3/h5-7,13H,4,8H2,1-3H3,(H,24,25,29). The molecule has 156 valence electrons. The summed E-state index contributed by atoms with van der Waals surface area (Å²) in [7, 11) is 3.27. The number of aromatic amines is 1. The van der Waals surface area contributed by atoms with E-state index in [2.05, 4.69) is 15.1 Å². The van der Waals surface area contributed by atoms with Gasteiger partial charge in [0.25, 0.3) is 5.56 Å². The van der Waals surface area contributed by atoms with Crippen LogP contribution in [0.5, 0.6) is 0 Å². The van der Waals surface area contributed by atoms with Crippen LogP contribution in [0.3, 0.4) is 0 Å². The van der Waals surface area contributed by atoms with E-state index in [0.29, 0.717) is 6.07 Å². The number of hydrogen-bond donors (Lipinski definition) is 1. The summed E-state index contributed by atoms with van der Waals surface area (Å²) in [4.78, 5) is 20.7. The Morgan fingerprint density at radius 3 is 2.48 bits per heavy atom. The van der Waals surface area contributed by atoms with Crippen LogP contribution in [0, 0.1) is 5.82 Å². The molecule has 0 saturated carbocycles. The number of halogens is 5. The summed E-state index contributed by atoms with van der Waals surface area (Å²) >= 11 is 0. The zero-order valence-electron chi connectivity index (χ0n) is 15.8. The molecule has 1 aromatic carbocycles. The van der Waals surface area contributed by atoms with E-state index in [4.69, 9.17) is 0 Å². The number of alkyl halides is 4. The highest BCUT2D eigenvalue weighted by Crippen LogP contribution is 2.34. The van der Waals surface area contributed by atoms with Gasteiger partial charge in [0.2, 0.25) is 5.95 Å². The predicted octanol–water partition coefficient (Wildman–Crippen LogP) is 3.81. The molecule has 0 radical (unpaired) electrons. The first kappa shape index (κ1) is 20.7. The van der Waals surface area contributed by atoms with Crippen LogP contribution in [0.4, 0.5) is 27.9 Å². The van der Waals surface area contributed by atoms with E-state index in [9.17, 15) is 26.7 Å². The van der Waals surface area contributed by atoms with Crippen LogP contribution < -0.4 is 10.5 Å². The lowest BCUT2D eigenvalue weighted by molar-refractivity contribution is -0.137. The van der Waals surface area contributed by atoms with Gasteiger partial charge in [-0.2, -0.15) is 23.3 Å². The van der Waals surface area contributed by atoms with Crippen LogP contribution in [-0.2, 0) is 12.9 Å². The maximum Gasteiger partial charge on any atom is 0.416 e. The van der Waals surface area contributed by atoms with E-state index in [-0.39, 0.29) is 34.7 Å². The van der Waals surface area contributed by atoms with Gasteiger partial charge in [-0.25, -0.2) is 13.5 Å². The molecule has 0 aliphatic heterocycles. The van der Waals surface area contributed by atoms with Gasteiger partial charge in [0.15, 0.2) is 5.65 Å². The van der Waals surface area contributed by atoms with Gasteiger partial charge in [0.1, 0.15) is 23.6 Å². The van der Waals surface area contributed by atoms with Crippen LogP contribution in [-0.4, -0.2) is 33.8 Å². The number of hydrogen-bond acceptors (Lipinski definition) is 4. The molecular weight excluding hydrogens is 397 g/mol. The number of nitrogens with one attached hydrogen (secondary N) is 1. The van der Waals surface area contributed by atoms with Crippen molar-refractivity contribution in [2.45, 2.75) is 32.2 Å². The molecule has 3 rings (SSSR count). The van der Waals surface area contributed by atoms with Crippen molar-refractivity contribution in [2.24, 2.45) is 0 Å². The largest absolute Gasteiger partial charge is 0.416 e. The predicted molar refractivity (Wildman–Crippen MR) is 97.1 cm³/mol. The molecule has 0 fully saturated rings. The van der Waals surface area contributed by atoms with Crippen LogP contribution in [0.1, 0.15) is 36.2 Å². The van der Waals surface area contributed by atoms with Crippen molar-refractivity contribution in [3.8, 4) is 0 Å². The van der Waals surface area contributed by atoms with Crippen LogP contribution in [0.2, 0.25) is 0 Å². The monoisotopic (exact) mass is 415 g/mol. The number of anilines is 1. The van der Waals surface area contributed by atoms with E-state index in [0.717, 1.165) is 12.1 Å². The Kier molecular flexibility index (Phi) is 5.33. The highest BCUT2D eigenvalue weighted by atomic mass is 19.4. The van der Waals surface area contributed by atoms with Crippen molar-refractivity contribution in [3.05, 3.63) is 51.2 Å². The first-order chi connectivity index (χ1) is 13.6. The van der Waals surface area contributed by atoms with Crippen molar-refractivity contribution in [1.29, 1.82) is 0 Å². The number of nitrogens with zero attached hydrogens (tertiary/aromatic N) is 4. The van der Waals surface area contributed by atoms with Crippen molar-refractivity contribution in [1.82, 2.24) is 19.7 Å². The molecule has 1 atom stereocenters. The average Bonchev–Trinajstić information content (AvgIpc) is 3.02. The lowest BCUT2D eigenvalue weighted by Gasteiger charge is -2.19.